The summed E-state index contributed by atoms with van der Waals surface area (Å²) in [5.74, 6) is -0.246. The molecule has 0 fully saturated rings. The quantitative estimate of drug-likeness (QED) is 0.890. The molecule has 0 atom stereocenters. The minimum absolute atomic E-state index is 0.141. The van der Waals surface area contributed by atoms with E-state index in [0.717, 1.165) is 6.07 Å². The van der Waals surface area contributed by atoms with E-state index in [2.05, 4.69) is 11.9 Å². The Morgan fingerprint density at radius 2 is 2.11 bits per heavy atom. The van der Waals surface area contributed by atoms with Crippen LogP contribution >= 0.6 is 11.6 Å². The monoisotopic (exact) mass is 279 g/mol. The number of benzene rings is 1. The lowest BCUT2D eigenvalue weighted by atomic mass is 10.1. The van der Waals surface area contributed by atoms with Crippen molar-refractivity contribution in [2.75, 3.05) is 13.7 Å². The molecule has 0 aliphatic carbocycles. The normalized spacial score (nSPS) is 11.4. The Morgan fingerprint density at radius 3 is 2.61 bits per heavy atom. The summed E-state index contributed by atoms with van der Waals surface area (Å²) in [6.45, 7) is 3.55. The molecular formula is C12H13ClF3NO. The Bertz CT molecular complexity index is 432. The van der Waals surface area contributed by atoms with Gasteiger partial charge in [-0.1, -0.05) is 24.2 Å². The predicted molar refractivity (Wildman–Crippen MR) is 64.7 cm³/mol. The van der Waals surface area contributed by atoms with Gasteiger partial charge in [-0.25, -0.2) is 0 Å². The summed E-state index contributed by atoms with van der Waals surface area (Å²) >= 11 is 5.46. The van der Waals surface area contributed by atoms with Crippen LogP contribution in [0.25, 0.3) is 0 Å². The first-order chi connectivity index (χ1) is 8.34. The molecule has 1 aromatic rings. The van der Waals surface area contributed by atoms with E-state index in [9.17, 15) is 13.2 Å². The molecular weight excluding hydrogens is 267 g/mol. The molecule has 0 heterocycles. The molecule has 0 amide bonds. The molecule has 1 aromatic carbocycles. The molecule has 100 valence electrons. The van der Waals surface area contributed by atoms with E-state index in [1.807, 2.05) is 0 Å². The van der Waals surface area contributed by atoms with Crippen LogP contribution in [-0.2, 0) is 12.7 Å². The Labute approximate surface area is 108 Å². The number of ether oxygens (including phenoxy) is 1. The fourth-order valence-corrected chi connectivity index (χ4v) is 1.45. The van der Waals surface area contributed by atoms with Gasteiger partial charge >= 0.3 is 6.18 Å². The van der Waals surface area contributed by atoms with E-state index in [-0.39, 0.29) is 17.4 Å². The Balaban J connectivity index is 3.05. The highest BCUT2D eigenvalue weighted by molar-refractivity contribution is 6.29. The van der Waals surface area contributed by atoms with Crippen molar-refractivity contribution in [2.24, 2.45) is 0 Å². The van der Waals surface area contributed by atoms with Crippen molar-refractivity contribution in [3.8, 4) is 5.75 Å². The number of hydrogen-bond donors (Lipinski definition) is 1. The van der Waals surface area contributed by atoms with Crippen LogP contribution in [0.3, 0.4) is 0 Å². The van der Waals surface area contributed by atoms with Crippen LogP contribution in [-0.4, -0.2) is 13.7 Å². The maximum atomic E-state index is 12.8. The summed E-state index contributed by atoms with van der Waals surface area (Å²) in [5, 5.41) is 2.93. The van der Waals surface area contributed by atoms with Gasteiger partial charge in [-0.2, -0.15) is 13.2 Å². The van der Waals surface area contributed by atoms with Crippen LogP contribution in [0.2, 0.25) is 0 Å². The third-order valence-corrected chi connectivity index (χ3v) is 2.22. The molecule has 0 spiro atoms. The topological polar surface area (TPSA) is 21.3 Å². The number of nitrogens with one attached hydrogen (secondary N) is 1. The molecule has 0 aliphatic heterocycles. The van der Waals surface area contributed by atoms with Crippen LogP contribution in [0, 0.1) is 0 Å². The van der Waals surface area contributed by atoms with E-state index in [0.29, 0.717) is 12.1 Å². The maximum Gasteiger partial charge on any atom is 0.419 e. The van der Waals surface area contributed by atoms with E-state index in [1.165, 1.54) is 6.07 Å². The van der Waals surface area contributed by atoms with Crippen LogP contribution in [0.15, 0.2) is 29.8 Å². The molecule has 1 N–H and O–H groups in total. The van der Waals surface area contributed by atoms with Gasteiger partial charge in [0.25, 0.3) is 0 Å². The third kappa shape index (κ3) is 4.23. The van der Waals surface area contributed by atoms with Crippen molar-refractivity contribution in [2.45, 2.75) is 12.7 Å². The fraction of sp³-hybridized carbons (Fsp3) is 0.333. The first kappa shape index (κ1) is 14.9. The average Bonchev–Trinajstić information content (AvgIpc) is 2.26. The number of halogens is 4. The van der Waals surface area contributed by atoms with Crippen molar-refractivity contribution in [1.82, 2.24) is 5.32 Å². The van der Waals surface area contributed by atoms with Gasteiger partial charge < -0.3 is 10.1 Å². The summed E-state index contributed by atoms with van der Waals surface area (Å²) in [4.78, 5) is 0. The predicted octanol–water partition coefficient (Wildman–Crippen LogP) is 3.56. The maximum absolute atomic E-state index is 12.8. The van der Waals surface area contributed by atoms with Crippen molar-refractivity contribution in [1.29, 1.82) is 0 Å². The van der Waals surface area contributed by atoms with Crippen molar-refractivity contribution in [3.05, 3.63) is 40.9 Å². The Hall–Kier alpha value is -1.20. The summed E-state index contributed by atoms with van der Waals surface area (Å²) in [7, 11) is 1.66. The molecule has 0 radical (unpaired) electrons. The highest BCUT2D eigenvalue weighted by Crippen LogP contribution is 2.37. The first-order valence-electron chi connectivity index (χ1n) is 5.15. The van der Waals surface area contributed by atoms with Crippen molar-refractivity contribution < 1.29 is 17.9 Å². The van der Waals surface area contributed by atoms with Crippen LogP contribution in [0.1, 0.15) is 11.1 Å². The van der Waals surface area contributed by atoms with Gasteiger partial charge in [0, 0.05) is 11.6 Å². The molecule has 6 heteroatoms. The minimum atomic E-state index is -4.47. The Morgan fingerprint density at radius 1 is 1.44 bits per heavy atom. The summed E-state index contributed by atoms with van der Waals surface area (Å²) in [6.07, 6.45) is -4.47. The highest BCUT2D eigenvalue weighted by atomic mass is 35.5. The zero-order chi connectivity index (χ0) is 13.8. The second-order valence-corrected chi connectivity index (χ2v) is 4.20. The second kappa shape index (κ2) is 6.11. The van der Waals surface area contributed by atoms with Gasteiger partial charge in [0.2, 0.25) is 0 Å². The van der Waals surface area contributed by atoms with Crippen molar-refractivity contribution in [3.63, 3.8) is 0 Å². The van der Waals surface area contributed by atoms with Gasteiger partial charge in [0.1, 0.15) is 12.4 Å². The summed E-state index contributed by atoms with van der Waals surface area (Å²) < 4.78 is 43.5. The highest BCUT2D eigenvalue weighted by Gasteiger charge is 2.34. The SMILES string of the molecule is C=C(Cl)COc1ccc(CNC)cc1C(F)(F)F. The molecule has 0 saturated heterocycles. The minimum Gasteiger partial charge on any atom is -0.487 e. The van der Waals surface area contributed by atoms with Gasteiger partial charge in [0.15, 0.2) is 0 Å². The van der Waals surface area contributed by atoms with Crippen LogP contribution in [0.4, 0.5) is 13.2 Å². The molecule has 0 saturated carbocycles. The second-order valence-electron chi connectivity index (χ2n) is 3.66. The summed E-state index contributed by atoms with van der Waals surface area (Å²) in [6, 6.07) is 3.91. The zero-order valence-electron chi connectivity index (χ0n) is 9.77. The number of rotatable bonds is 5. The van der Waals surface area contributed by atoms with E-state index < -0.39 is 11.7 Å². The average molecular weight is 280 g/mol. The summed E-state index contributed by atoms with van der Waals surface area (Å²) in [5.41, 5.74) is -0.282. The lowest BCUT2D eigenvalue weighted by Gasteiger charge is -2.15. The van der Waals surface area contributed by atoms with Crippen molar-refractivity contribution >= 4 is 11.6 Å². The molecule has 2 nitrogen and oxygen atoms in total. The number of hydrogen-bond acceptors (Lipinski definition) is 2. The first-order valence-corrected chi connectivity index (χ1v) is 5.53. The van der Waals surface area contributed by atoms with E-state index in [1.54, 1.807) is 13.1 Å². The van der Waals surface area contributed by atoms with Gasteiger partial charge in [-0.3, -0.25) is 0 Å². The molecule has 0 unspecified atom stereocenters. The molecule has 1 rings (SSSR count). The van der Waals surface area contributed by atoms with Gasteiger partial charge in [0.05, 0.1) is 5.56 Å². The molecule has 0 bridgehead atoms. The smallest absolute Gasteiger partial charge is 0.419 e. The zero-order valence-corrected chi connectivity index (χ0v) is 10.5. The lowest BCUT2D eigenvalue weighted by molar-refractivity contribution is -0.138. The van der Waals surface area contributed by atoms with E-state index in [4.69, 9.17) is 16.3 Å². The fourth-order valence-electron chi connectivity index (χ4n) is 1.39. The largest absolute Gasteiger partial charge is 0.487 e. The lowest BCUT2D eigenvalue weighted by Crippen LogP contribution is -2.12. The Kier molecular flexibility index (Phi) is 5.04. The molecule has 0 aliphatic rings. The number of alkyl halides is 3. The molecule has 0 aromatic heterocycles. The van der Waals surface area contributed by atoms with Gasteiger partial charge in [-0.05, 0) is 24.7 Å². The van der Waals surface area contributed by atoms with E-state index >= 15 is 0 Å². The standard InChI is InChI=1S/C12H13ClF3NO/c1-8(13)7-18-11-4-3-9(6-17-2)5-10(11)12(14,15)16/h3-5,17H,1,6-7H2,2H3. The molecule has 18 heavy (non-hydrogen) atoms. The van der Waals surface area contributed by atoms with Crippen LogP contribution < -0.4 is 10.1 Å². The van der Waals surface area contributed by atoms with Gasteiger partial charge in [-0.15, -0.1) is 0 Å². The van der Waals surface area contributed by atoms with Crippen LogP contribution in [0.5, 0.6) is 5.75 Å². The third-order valence-electron chi connectivity index (χ3n) is 2.11.